The third kappa shape index (κ3) is 3.02. The zero-order chi connectivity index (χ0) is 30.4. The molecule has 0 aromatic carbocycles. The van der Waals surface area contributed by atoms with E-state index in [9.17, 15) is 29.4 Å². The van der Waals surface area contributed by atoms with Crippen LogP contribution in [0.5, 0.6) is 0 Å². The maximum absolute atomic E-state index is 14.7. The van der Waals surface area contributed by atoms with Crippen molar-refractivity contribution in [3.8, 4) is 0 Å². The van der Waals surface area contributed by atoms with Crippen LogP contribution >= 0.6 is 0 Å². The predicted octanol–water partition coefficient (Wildman–Crippen LogP) is 2.86. The van der Waals surface area contributed by atoms with Gasteiger partial charge in [-0.1, -0.05) is 20.8 Å². The van der Waals surface area contributed by atoms with Crippen molar-refractivity contribution < 1.29 is 43.6 Å². The van der Waals surface area contributed by atoms with Gasteiger partial charge in [-0.05, 0) is 70.1 Å². The number of likely N-dealkylation sites (tertiary alicyclic amines) is 1. The molecule has 10 unspecified atom stereocenters. The van der Waals surface area contributed by atoms with Gasteiger partial charge in [0.2, 0.25) is 5.79 Å². The van der Waals surface area contributed by atoms with Crippen LogP contribution in [0.4, 0.5) is 4.79 Å². The van der Waals surface area contributed by atoms with Crippen molar-refractivity contribution in [2.24, 2.45) is 51.8 Å². The average molecular weight is 588 g/mol. The minimum absolute atomic E-state index is 0.00311. The molecular weight excluding hydrogens is 542 g/mol. The monoisotopic (exact) mass is 587 g/mol. The molecule has 42 heavy (non-hydrogen) atoms. The Bertz CT molecular complexity index is 1260. The van der Waals surface area contributed by atoms with Gasteiger partial charge in [0.25, 0.3) is 0 Å². The number of amides is 1. The number of hydrogen-bond acceptors (Lipinski definition) is 9. The lowest BCUT2D eigenvalue weighted by atomic mass is 9.20. The molecule has 3 aliphatic heterocycles. The van der Waals surface area contributed by atoms with Crippen LogP contribution in [0.25, 0.3) is 0 Å². The van der Waals surface area contributed by atoms with Gasteiger partial charge < -0.3 is 29.3 Å². The van der Waals surface area contributed by atoms with Gasteiger partial charge >= 0.3 is 12.1 Å². The summed E-state index contributed by atoms with van der Waals surface area (Å²) in [5.41, 5.74) is -4.94. The molecule has 3 heterocycles. The number of piperidine rings is 1. The van der Waals surface area contributed by atoms with Crippen LogP contribution in [0, 0.1) is 51.8 Å². The van der Waals surface area contributed by atoms with Gasteiger partial charge in [-0.3, -0.25) is 14.4 Å². The predicted molar refractivity (Wildman–Crippen MR) is 147 cm³/mol. The Morgan fingerprint density at radius 2 is 1.71 bits per heavy atom. The van der Waals surface area contributed by atoms with Crippen molar-refractivity contribution in [1.29, 1.82) is 0 Å². The summed E-state index contributed by atoms with van der Waals surface area (Å²) < 4.78 is 17.8. The summed E-state index contributed by atoms with van der Waals surface area (Å²) >= 11 is 0. The topological polar surface area (TPSA) is 140 Å². The summed E-state index contributed by atoms with van der Waals surface area (Å²) in [6.07, 6.45) is 1.32. The molecule has 0 aromatic rings. The van der Waals surface area contributed by atoms with E-state index >= 15 is 0 Å². The molecule has 1 amide bonds. The van der Waals surface area contributed by atoms with Crippen LogP contribution in [0.2, 0.25) is 0 Å². The molecule has 5 aliphatic carbocycles. The summed E-state index contributed by atoms with van der Waals surface area (Å²) in [5, 5.41) is 24.1. The summed E-state index contributed by atoms with van der Waals surface area (Å²) in [5.74, 6) is -5.14. The highest BCUT2D eigenvalue weighted by Crippen LogP contribution is 2.85. The van der Waals surface area contributed by atoms with Crippen molar-refractivity contribution in [2.75, 3.05) is 19.7 Å². The Morgan fingerprint density at radius 1 is 1.05 bits per heavy atom. The Hall–Kier alpha value is -2.04. The lowest BCUT2D eigenvalue weighted by Crippen LogP contribution is -2.98. The van der Waals surface area contributed by atoms with Gasteiger partial charge in [0.15, 0.2) is 11.4 Å². The molecule has 10 nitrogen and oxygen atoms in total. The second kappa shape index (κ2) is 8.36. The van der Waals surface area contributed by atoms with Gasteiger partial charge in [0.05, 0.1) is 17.9 Å². The number of rotatable bonds is 2. The van der Waals surface area contributed by atoms with Crippen LogP contribution in [-0.4, -0.2) is 81.5 Å². The summed E-state index contributed by atoms with van der Waals surface area (Å²) in [6.45, 7) is 12.1. The molecule has 0 radical (unpaired) electrons. The molecule has 232 valence electrons. The van der Waals surface area contributed by atoms with Crippen LogP contribution in [0.15, 0.2) is 0 Å². The summed E-state index contributed by atoms with van der Waals surface area (Å²) in [6, 6.07) is 0. The number of nitrogens with zero attached hydrogens (tertiary/aromatic N) is 1. The van der Waals surface area contributed by atoms with E-state index in [1.807, 2.05) is 41.5 Å². The summed E-state index contributed by atoms with van der Waals surface area (Å²) in [7, 11) is 0. The molecule has 10 atom stereocenters. The first-order valence-electron chi connectivity index (χ1n) is 15.8. The number of carbonyl (C=O) groups is 4. The zero-order valence-corrected chi connectivity index (χ0v) is 25.6. The molecule has 2 bridgehead atoms. The second-order valence-corrected chi connectivity index (χ2v) is 16.1. The van der Waals surface area contributed by atoms with Crippen molar-refractivity contribution in [3.63, 3.8) is 0 Å². The molecule has 5 saturated carbocycles. The Balaban J connectivity index is 1.17. The molecular formula is C32H45NO9. The largest absolute Gasteiger partial charge is 0.450 e. The van der Waals surface area contributed by atoms with Crippen LogP contribution in [-0.2, 0) is 28.6 Å². The van der Waals surface area contributed by atoms with E-state index in [4.69, 9.17) is 14.2 Å². The van der Waals surface area contributed by atoms with Crippen LogP contribution < -0.4 is 0 Å². The SMILES string of the molecule is CC1C2CCC3C45COC(O)(C(O)C4C(C)(C)CCC5=O)C34C(=O)C1(OC(=O)C1CCN(C(=O)OC(C)(C)C)CC1)C24. The number of esters is 1. The third-order valence-corrected chi connectivity index (χ3v) is 12.9. The number of ketones is 2. The van der Waals surface area contributed by atoms with E-state index in [0.717, 1.165) is 6.42 Å². The fourth-order valence-electron chi connectivity index (χ4n) is 11.2. The first-order chi connectivity index (χ1) is 19.5. The van der Waals surface area contributed by atoms with Crippen LogP contribution in [0.3, 0.4) is 0 Å². The Labute approximate surface area is 246 Å². The van der Waals surface area contributed by atoms with Gasteiger partial charge in [0.1, 0.15) is 22.9 Å². The first kappa shape index (κ1) is 28.7. The van der Waals surface area contributed by atoms with Crippen LogP contribution in [0.1, 0.15) is 80.1 Å². The zero-order valence-electron chi connectivity index (χ0n) is 25.6. The Kier molecular flexibility index (Phi) is 5.71. The highest BCUT2D eigenvalue weighted by atomic mass is 16.6. The van der Waals surface area contributed by atoms with Crippen molar-refractivity contribution >= 4 is 23.6 Å². The van der Waals surface area contributed by atoms with E-state index in [2.05, 4.69) is 0 Å². The lowest BCUT2D eigenvalue weighted by Gasteiger charge is -2.85. The molecule has 10 heteroatoms. The quantitative estimate of drug-likeness (QED) is 0.467. The second-order valence-electron chi connectivity index (χ2n) is 16.1. The smallest absolute Gasteiger partial charge is 0.410 e. The van der Waals surface area contributed by atoms with E-state index in [0.29, 0.717) is 45.2 Å². The number of Topliss-reactive ketones (excluding diaryl/α,β-unsaturated/α-hetero) is 2. The fraction of sp³-hybridized carbons (Fsp3) is 0.875. The molecule has 8 fully saturated rings. The molecule has 2 N–H and O–H groups in total. The average Bonchev–Trinajstić information content (AvgIpc) is 2.92. The van der Waals surface area contributed by atoms with Crippen molar-refractivity contribution in [2.45, 2.75) is 103 Å². The molecule has 3 saturated heterocycles. The minimum Gasteiger partial charge on any atom is -0.450 e. The summed E-state index contributed by atoms with van der Waals surface area (Å²) in [4.78, 5) is 56.2. The number of aliphatic hydroxyl groups excluding tert-OH is 1. The number of carbonyl (C=O) groups excluding carboxylic acids is 4. The normalized spacial score (nSPS) is 48.7. The van der Waals surface area contributed by atoms with Gasteiger partial charge in [-0.15, -0.1) is 0 Å². The Morgan fingerprint density at radius 3 is 2.36 bits per heavy atom. The van der Waals surface area contributed by atoms with Gasteiger partial charge in [-0.2, -0.15) is 0 Å². The maximum atomic E-state index is 14.7. The van der Waals surface area contributed by atoms with E-state index in [-0.39, 0.29) is 30.0 Å². The fourth-order valence-corrected chi connectivity index (χ4v) is 11.2. The van der Waals surface area contributed by atoms with E-state index in [1.165, 1.54) is 0 Å². The van der Waals surface area contributed by atoms with Crippen molar-refractivity contribution in [1.82, 2.24) is 4.90 Å². The third-order valence-electron chi connectivity index (χ3n) is 12.9. The van der Waals surface area contributed by atoms with Gasteiger partial charge in [0, 0.05) is 37.3 Å². The molecule has 8 rings (SSSR count). The van der Waals surface area contributed by atoms with Crippen molar-refractivity contribution in [3.05, 3.63) is 0 Å². The highest BCUT2D eigenvalue weighted by molar-refractivity contribution is 6.07. The highest BCUT2D eigenvalue weighted by Gasteiger charge is 2.97. The molecule has 2 spiro atoms. The number of aliphatic hydroxyl groups is 2. The van der Waals surface area contributed by atoms with Gasteiger partial charge in [-0.25, -0.2) is 4.79 Å². The first-order valence-corrected chi connectivity index (χ1v) is 15.8. The minimum atomic E-state index is -2.13. The molecule has 0 aromatic heterocycles. The lowest BCUT2D eigenvalue weighted by molar-refractivity contribution is -0.479. The maximum Gasteiger partial charge on any atom is 0.410 e. The van der Waals surface area contributed by atoms with E-state index in [1.54, 1.807) is 4.90 Å². The molecule has 8 aliphatic rings. The number of fused-ring (bicyclic) bond motifs is 1. The number of ether oxygens (including phenoxy) is 3. The number of hydrogen-bond donors (Lipinski definition) is 2. The van der Waals surface area contributed by atoms with E-state index < -0.39 is 75.1 Å². The standard InChI is InChI=1S/C32H45NO9/c1-16-18-7-8-19-29-15-40-32(39,23(35)22(29)28(5,6)12-9-20(29)34)30(19)21(18)31(16,25(30)37)41-24(36)17-10-13-33(14-11-17)26(38)42-27(2,3)4/h16-19,21-23,35,39H,7-15H2,1-6H3.